The van der Waals surface area contributed by atoms with Crippen molar-refractivity contribution in [2.24, 2.45) is 9.98 Å². The molecule has 0 saturated heterocycles. The van der Waals surface area contributed by atoms with E-state index in [0.717, 1.165) is 63.6 Å². The van der Waals surface area contributed by atoms with E-state index in [1.54, 1.807) is 0 Å². The Morgan fingerprint density at radius 3 is 1.98 bits per heavy atom. The lowest BCUT2D eigenvalue weighted by Crippen LogP contribution is -2.09. The van der Waals surface area contributed by atoms with Gasteiger partial charge in [-0.3, -0.25) is 0 Å². The fraction of sp³-hybridized carbons (Fsp3) is 0.0513. The maximum atomic E-state index is 5.20. The second-order valence-corrected chi connectivity index (χ2v) is 11.8. The van der Waals surface area contributed by atoms with Crippen LogP contribution in [0.4, 0.5) is 0 Å². The minimum atomic E-state index is 0.733. The number of amidine groups is 1. The lowest BCUT2D eigenvalue weighted by Gasteiger charge is -2.14. The smallest absolute Gasteiger partial charge is 0.160 e. The van der Waals surface area contributed by atoms with Crippen LogP contribution in [0, 0.1) is 0 Å². The van der Waals surface area contributed by atoms with Crippen LogP contribution in [-0.4, -0.2) is 16.5 Å². The molecule has 1 aliphatic heterocycles. The summed E-state index contributed by atoms with van der Waals surface area (Å²) in [6, 6.07) is 46.5. The van der Waals surface area contributed by atoms with Crippen LogP contribution < -0.4 is 0 Å². The number of benzene rings is 5. The van der Waals surface area contributed by atoms with Gasteiger partial charge >= 0.3 is 0 Å². The summed E-state index contributed by atoms with van der Waals surface area (Å²) in [4.78, 5) is 15.5. The molecule has 3 nitrogen and oxygen atoms in total. The van der Waals surface area contributed by atoms with Crippen LogP contribution in [0.1, 0.15) is 29.5 Å². The van der Waals surface area contributed by atoms with Crippen molar-refractivity contribution >= 4 is 59.7 Å². The predicted molar refractivity (Wildman–Crippen MR) is 183 cm³/mol. The van der Waals surface area contributed by atoms with Crippen molar-refractivity contribution in [2.45, 2.75) is 12.8 Å². The first-order chi connectivity index (χ1) is 21.3. The third-order valence-electron chi connectivity index (χ3n) is 7.99. The molecule has 204 valence electrons. The van der Waals surface area contributed by atoms with E-state index in [9.17, 15) is 0 Å². The van der Waals surface area contributed by atoms with Crippen LogP contribution in [0.2, 0.25) is 0 Å². The highest BCUT2D eigenvalue weighted by Crippen LogP contribution is 2.42. The zero-order valence-electron chi connectivity index (χ0n) is 23.4. The Hall–Kier alpha value is -5.19. The molecule has 0 spiro atoms. The Kier molecular flexibility index (Phi) is 6.47. The molecule has 0 N–H and O–H groups in total. The highest BCUT2D eigenvalue weighted by atomic mass is 32.1. The summed E-state index contributed by atoms with van der Waals surface area (Å²) < 4.78 is 2.58. The number of pyridine rings is 1. The molecule has 3 heterocycles. The highest BCUT2D eigenvalue weighted by Gasteiger charge is 2.17. The van der Waals surface area contributed by atoms with Crippen LogP contribution >= 0.6 is 11.3 Å². The third-order valence-corrected chi connectivity index (χ3v) is 9.20. The zero-order valence-corrected chi connectivity index (χ0v) is 24.3. The molecule has 1 aliphatic rings. The van der Waals surface area contributed by atoms with E-state index in [4.69, 9.17) is 15.0 Å². The van der Waals surface area contributed by atoms with Gasteiger partial charge < -0.3 is 0 Å². The largest absolute Gasteiger partial charge is 0.247 e. The number of fused-ring (bicyclic) bond motifs is 5. The normalized spacial score (nSPS) is 17.4. The number of nitrogens with zero attached hydrogens (tertiary/aromatic N) is 3. The molecule has 7 aromatic rings. The molecular formula is C39H27N3S. The second-order valence-electron chi connectivity index (χ2n) is 10.7. The van der Waals surface area contributed by atoms with Crippen LogP contribution in [0.3, 0.4) is 0 Å². The summed E-state index contributed by atoms with van der Waals surface area (Å²) in [5.41, 5.74) is 8.38. The first-order valence-electron chi connectivity index (χ1n) is 14.6. The molecule has 0 atom stereocenters. The molecule has 43 heavy (non-hydrogen) atoms. The Morgan fingerprint density at radius 1 is 0.535 bits per heavy atom. The van der Waals surface area contributed by atoms with Gasteiger partial charge in [0.2, 0.25) is 0 Å². The summed E-state index contributed by atoms with van der Waals surface area (Å²) in [5.74, 6) is 0.733. The molecule has 0 fully saturated rings. The lowest BCUT2D eigenvalue weighted by atomic mass is 9.98. The summed E-state index contributed by atoms with van der Waals surface area (Å²) >= 11 is 1.85. The maximum absolute atomic E-state index is 5.20. The van der Waals surface area contributed by atoms with Crippen molar-refractivity contribution in [1.82, 2.24) is 4.98 Å². The van der Waals surface area contributed by atoms with Crippen molar-refractivity contribution in [3.63, 3.8) is 0 Å². The zero-order chi connectivity index (χ0) is 28.6. The van der Waals surface area contributed by atoms with E-state index < -0.39 is 0 Å². The summed E-state index contributed by atoms with van der Waals surface area (Å²) in [7, 11) is 0. The summed E-state index contributed by atoms with van der Waals surface area (Å²) in [6.45, 7) is 0. The number of allylic oxidation sites excluding steroid dienone is 1. The SMILES string of the molecule is C1=C(c2ccccc2)/N=C(c2ccccc2)\N=C(\c2ccc(-c3nc4ccccc4c4sc5ccccc5c34)cc2)CC\1. The fourth-order valence-electron chi connectivity index (χ4n) is 5.87. The first-order valence-corrected chi connectivity index (χ1v) is 15.4. The molecule has 0 aliphatic carbocycles. The molecule has 0 radical (unpaired) electrons. The quantitative estimate of drug-likeness (QED) is 0.208. The molecule has 4 heteroatoms. The van der Waals surface area contributed by atoms with E-state index in [-0.39, 0.29) is 0 Å². The number of para-hydroxylation sites is 1. The minimum absolute atomic E-state index is 0.733. The molecule has 0 amide bonds. The van der Waals surface area contributed by atoms with Gasteiger partial charge in [-0.15, -0.1) is 11.3 Å². The standard InChI is InChI=1S/C39H27N3S/c1-3-12-26(13-4-1)32-19-11-20-33(42-39(41-32)29-14-5-2-6-15-29)27-22-24-28(25-23-27)37-36-31-17-8-10-21-35(31)43-38(36)30-16-7-9-18-34(30)40-37/h1-10,12-19,21-25H,11,20H2/b32-19-,41-39-,42-33+. The molecular weight excluding hydrogens is 543 g/mol. The number of thiophene rings is 1. The van der Waals surface area contributed by atoms with E-state index in [1.807, 2.05) is 35.6 Å². The van der Waals surface area contributed by atoms with Crippen molar-refractivity contribution in [3.8, 4) is 11.3 Å². The van der Waals surface area contributed by atoms with Gasteiger partial charge in [0.1, 0.15) is 0 Å². The second kappa shape index (κ2) is 10.9. The van der Waals surface area contributed by atoms with Crippen molar-refractivity contribution in [3.05, 3.63) is 156 Å². The first kappa shape index (κ1) is 25.5. The van der Waals surface area contributed by atoms with Crippen molar-refractivity contribution < 1.29 is 0 Å². The topological polar surface area (TPSA) is 37.6 Å². The van der Waals surface area contributed by atoms with Crippen LogP contribution in [0.15, 0.2) is 150 Å². The Labute approximate surface area is 254 Å². The maximum Gasteiger partial charge on any atom is 0.160 e. The van der Waals surface area contributed by atoms with E-state index in [2.05, 4.69) is 115 Å². The van der Waals surface area contributed by atoms with E-state index in [0.29, 0.717) is 0 Å². The number of rotatable bonds is 4. The van der Waals surface area contributed by atoms with Crippen molar-refractivity contribution in [1.29, 1.82) is 0 Å². The third kappa shape index (κ3) is 4.76. The Balaban J connectivity index is 1.23. The number of hydrogen-bond acceptors (Lipinski definition) is 4. The van der Waals surface area contributed by atoms with Gasteiger partial charge in [0.05, 0.1) is 22.6 Å². The van der Waals surface area contributed by atoms with Gasteiger partial charge in [-0.25, -0.2) is 15.0 Å². The average molecular weight is 570 g/mol. The number of aromatic nitrogens is 1. The van der Waals surface area contributed by atoms with Crippen LogP contribution in [0.25, 0.3) is 48.0 Å². The molecule has 0 saturated carbocycles. The van der Waals surface area contributed by atoms with Gasteiger partial charge in [-0.1, -0.05) is 127 Å². The molecule has 0 unspecified atom stereocenters. The summed E-state index contributed by atoms with van der Waals surface area (Å²) in [5, 5.41) is 3.69. The molecule has 5 aromatic carbocycles. The molecule has 8 rings (SSSR count). The van der Waals surface area contributed by atoms with Gasteiger partial charge in [-0.2, -0.15) is 0 Å². The van der Waals surface area contributed by atoms with Crippen LogP contribution in [0.5, 0.6) is 0 Å². The average Bonchev–Trinajstić information content (AvgIpc) is 3.46. The minimum Gasteiger partial charge on any atom is -0.247 e. The van der Waals surface area contributed by atoms with Gasteiger partial charge in [0, 0.05) is 36.7 Å². The van der Waals surface area contributed by atoms with E-state index in [1.165, 1.54) is 25.6 Å². The lowest BCUT2D eigenvalue weighted by molar-refractivity contribution is 1.08. The Morgan fingerprint density at radius 2 is 1.19 bits per heavy atom. The van der Waals surface area contributed by atoms with Crippen molar-refractivity contribution in [2.75, 3.05) is 0 Å². The fourth-order valence-corrected chi connectivity index (χ4v) is 7.11. The van der Waals surface area contributed by atoms with Gasteiger partial charge in [-0.05, 0) is 36.1 Å². The van der Waals surface area contributed by atoms with Gasteiger partial charge in [0.25, 0.3) is 0 Å². The number of aliphatic imine (C=N–C) groups is 2. The summed E-state index contributed by atoms with van der Waals surface area (Å²) in [6.07, 6.45) is 3.93. The highest BCUT2D eigenvalue weighted by molar-refractivity contribution is 7.26. The van der Waals surface area contributed by atoms with E-state index >= 15 is 0 Å². The molecule has 2 aromatic heterocycles. The number of hydrogen-bond donors (Lipinski definition) is 0. The van der Waals surface area contributed by atoms with Gasteiger partial charge in [0.15, 0.2) is 5.84 Å². The Bertz CT molecular complexity index is 2210. The van der Waals surface area contributed by atoms with Crippen LogP contribution in [-0.2, 0) is 0 Å². The monoisotopic (exact) mass is 569 g/mol. The predicted octanol–water partition coefficient (Wildman–Crippen LogP) is 10.3. The molecule has 0 bridgehead atoms.